The number of hydrogen-bond acceptors (Lipinski definition) is 4. The lowest BCUT2D eigenvalue weighted by Crippen LogP contribution is -2.48. The minimum absolute atomic E-state index is 0.141. The van der Waals surface area contributed by atoms with Gasteiger partial charge in [-0.15, -0.1) is 0 Å². The molecular formula is C15H14F4N4O3. The second kappa shape index (κ2) is 7.85. The Labute approximate surface area is 144 Å². The highest BCUT2D eigenvalue weighted by atomic mass is 19.4. The number of nitrogens with zero attached hydrogens (tertiary/aromatic N) is 2. The van der Waals surface area contributed by atoms with Crippen LogP contribution >= 0.6 is 0 Å². The van der Waals surface area contributed by atoms with Crippen LogP contribution in [0.4, 0.5) is 17.6 Å². The normalized spacial score (nSPS) is 12.3. The van der Waals surface area contributed by atoms with Crippen molar-refractivity contribution < 1.29 is 31.9 Å². The lowest BCUT2D eigenvalue weighted by atomic mass is 10.3. The predicted octanol–water partition coefficient (Wildman–Crippen LogP) is 1.66. The Hall–Kier alpha value is -3.11. The van der Waals surface area contributed by atoms with Gasteiger partial charge in [0.1, 0.15) is 6.54 Å². The van der Waals surface area contributed by atoms with Gasteiger partial charge in [-0.1, -0.05) is 12.1 Å². The first-order valence-corrected chi connectivity index (χ1v) is 7.27. The molecule has 0 aliphatic heterocycles. The summed E-state index contributed by atoms with van der Waals surface area (Å²) in [5.41, 5.74) is 2.90. The molecule has 1 unspecified atom stereocenters. The molecule has 1 aromatic heterocycles. The summed E-state index contributed by atoms with van der Waals surface area (Å²) in [6.07, 6.45) is -4.77. The van der Waals surface area contributed by atoms with Crippen LogP contribution in [0.15, 0.2) is 36.5 Å². The molecule has 7 nitrogen and oxygen atoms in total. The van der Waals surface area contributed by atoms with Gasteiger partial charge in [0.25, 0.3) is 11.8 Å². The van der Waals surface area contributed by atoms with Gasteiger partial charge in [-0.2, -0.15) is 18.3 Å². The molecule has 0 fully saturated rings. The molecule has 1 heterocycles. The third-order valence-electron chi connectivity index (χ3n) is 3.07. The van der Waals surface area contributed by atoms with Crippen LogP contribution in [0.25, 0.3) is 0 Å². The molecular weight excluding hydrogens is 360 g/mol. The van der Waals surface area contributed by atoms with Gasteiger partial charge in [0.05, 0.1) is 0 Å². The van der Waals surface area contributed by atoms with E-state index in [0.717, 1.165) is 23.0 Å². The zero-order chi connectivity index (χ0) is 19.3. The van der Waals surface area contributed by atoms with E-state index in [1.165, 1.54) is 25.1 Å². The van der Waals surface area contributed by atoms with E-state index in [4.69, 9.17) is 4.74 Å². The van der Waals surface area contributed by atoms with Crippen LogP contribution in [0.5, 0.6) is 5.75 Å². The minimum Gasteiger partial charge on any atom is -0.478 e. The quantitative estimate of drug-likeness (QED) is 0.616. The molecule has 0 saturated carbocycles. The zero-order valence-corrected chi connectivity index (χ0v) is 13.4. The maximum absolute atomic E-state index is 13.4. The van der Waals surface area contributed by atoms with Gasteiger partial charge in [-0.3, -0.25) is 25.1 Å². The molecule has 2 aromatic rings. The number of hydrogen-bond donors (Lipinski definition) is 2. The molecule has 1 aromatic carbocycles. The smallest absolute Gasteiger partial charge is 0.435 e. The van der Waals surface area contributed by atoms with Crippen molar-refractivity contribution in [3.8, 4) is 5.75 Å². The Kier molecular flexibility index (Phi) is 5.80. The molecule has 2 rings (SSSR count). The van der Waals surface area contributed by atoms with E-state index >= 15 is 0 Å². The molecule has 0 saturated heterocycles. The van der Waals surface area contributed by atoms with Crippen molar-refractivity contribution >= 4 is 11.8 Å². The van der Waals surface area contributed by atoms with Crippen molar-refractivity contribution in [2.45, 2.75) is 25.7 Å². The number of carbonyl (C=O) groups is 2. The number of alkyl halides is 3. The molecule has 0 aliphatic rings. The average Bonchev–Trinajstić information content (AvgIpc) is 3.03. The van der Waals surface area contributed by atoms with Gasteiger partial charge in [-0.25, -0.2) is 4.39 Å². The second-order valence-electron chi connectivity index (χ2n) is 5.12. The molecule has 0 spiro atoms. The third kappa shape index (κ3) is 5.19. The number of halogens is 4. The van der Waals surface area contributed by atoms with Crippen molar-refractivity contribution in [2.75, 3.05) is 0 Å². The Bertz CT molecular complexity index is 791. The van der Waals surface area contributed by atoms with Crippen molar-refractivity contribution in [3.05, 3.63) is 48.0 Å². The summed E-state index contributed by atoms with van der Waals surface area (Å²) in [5.74, 6) is -2.39. The summed E-state index contributed by atoms with van der Waals surface area (Å²) in [5, 5.41) is 3.20. The van der Waals surface area contributed by atoms with E-state index in [-0.39, 0.29) is 5.75 Å². The van der Waals surface area contributed by atoms with Crippen molar-refractivity contribution in [3.63, 3.8) is 0 Å². The third-order valence-corrected chi connectivity index (χ3v) is 3.07. The molecule has 1 atom stereocenters. The van der Waals surface area contributed by atoms with Gasteiger partial charge >= 0.3 is 6.18 Å². The van der Waals surface area contributed by atoms with Crippen molar-refractivity contribution in [2.24, 2.45) is 0 Å². The van der Waals surface area contributed by atoms with E-state index in [9.17, 15) is 27.2 Å². The number of carbonyl (C=O) groups excluding carboxylic acids is 2. The number of hydrazine groups is 1. The Morgan fingerprint density at radius 2 is 1.92 bits per heavy atom. The number of para-hydroxylation sites is 1. The highest BCUT2D eigenvalue weighted by molar-refractivity contribution is 5.84. The average molecular weight is 374 g/mol. The van der Waals surface area contributed by atoms with Crippen LogP contribution in [0.2, 0.25) is 0 Å². The van der Waals surface area contributed by atoms with Gasteiger partial charge in [0, 0.05) is 6.20 Å². The minimum atomic E-state index is -4.62. The van der Waals surface area contributed by atoms with Crippen LogP contribution < -0.4 is 15.6 Å². The largest absolute Gasteiger partial charge is 0.478 e. The number of nitrogens with one attached hydrogen (secondary N) is 2. The molecule has 0 aliphatic carbocycles. The number of rotatable bonds is 5. The molecule has 2 N–H and O–H groups in total. The fraction of sp³-hybridized carbons (Fsp3) is 0.267. The maximum Gasteiger partial charge on any atom is 0.435 e. The second-order valence-corrected chi connectivity index (χ2v) is 5.12. The van der Waals surface area contributed by atoms with Crippen molar-refractivity contribution in [1.82, 2.24) is 20.6 Å². The van der Waals surface area contributed by atoms with E-state index in [1.807, 2.05) is 10.9 Å². The standard InChI is InChI=1S/C15H14F4N4O3/c1-9(26-11-5-3-2-4-10(11)16)14(25)21-20-13(24)8-23-7-6-12(22-23)15(17,18)19/h2-7,9H,8H2,1H3,(H,20,24)(H,21,25). The summed E-state index contributed by atoms with van der Waals surface area (Å²) in [4.78, 5) is 23.4. The summed E-state index contributed by atoms with van der Waals surface area (Å²) < 4.78 is 56.6. The Morgan fingerprint density at radius 3 is 2.54 bits per heavy atom. The Morgan fingerprint density at radius 1 is 1.23 bits per heavy atom. The topological polar surface area (TPSA) is 85.3 Å². The fourth-order valence-corrected chi connectivity index (χ4v) is 1.80. The highest BCUT2D eigenvalue weighted by Crippen LogP contribution is 2.27. The highest BCUT2D eigenvalue weighted by Gasteiger charge is 2.33. The monoisotopic (exact) mass is 374 g/mol. The SMILES string of the molecule is CC(Oc1ccccc1F)C(=O)NNC(=O)Cn1ccc(C(F)(F)F)n1. The van der Waals surface area contributed by atoms with E-state index in [2.05, 4.69) is 5.10 Å². The van der Waals surface area contributed by atoms with E-state index < -0.39 is 42.2 Å². The molecule has 2 amide bonds. The summed E-state index contributed by atoms with van der Waals surface area (Å²) in [7, 11) is 0. The van der Waals surface area contributed by atoms with E-state index in [1.54, 1.807) is 0 Å². The lowest BCUT2D eigenvalue weighted by molar-refractivity contribution is -0.141. The summed E-state index contributed by atoms with van der Waals surface area (Å²) in [6, 6.07) is 6.17. The predicted molar refractivity (Wildman–Crippen MR) is 80.0 cm³/mol. The number of aromatic nitrogens is 2. The first kappa shape index (κ1) is 19.2. The number of amides is 2. The number of ether oxygens (including phenoxy) is 1. The van der Waals surface area contributed by atoms with Crippen LogP contribution in [-0.2, 0) is 22.3 Å². The van der Waals surface area contributed by atoms with Crippen LogP contribution in [-0.4, -0.2) is 27.7 Å². The summed E-state index contributed by atoms with van der Waals surface area (Å²) in [6.45, 7) is 0.788. The molecule has 11 heteroatoms. The Balaban J connectivity index is 1.82. The van der Waals surface area contributed by atoms with Crippen LogP contribution in [0.1, 0.15) is 12.6 Å². The summed E-state index contributed by atoms with van der Waals surface area (Å²) >= 11 is 0. The molecule has 0 bridgehead atoms. The maximum atomic E-state index is 13.4. The van der Waals surface area contributed by atoms with Crippen LogP contribution in [0.3, 0.4) is 0 Å². The molecule has 26 heavy (non-hydrogen) atoms. The van der Waals surface area contributed by atoms with E-state index in [0.29, 0.717) is 0 Å². The van der Waals surface area contributed by atoms with Gasteiger partial charge in [0.2, 0.25) is 0 Å². The van der Waals surface area contributed by atoms with Gasteiger partial charge < -0.3 is 4.74 Å². The zero-order valence-electron chi connectivity index (χ0n) is 13.4. The molecule has 140 valence electrons. The number of benzene rings is 1. The van der Waals surface area contributed by atoms with Crippen molar-refractivity contribution in [1.29, 1.82) is 0 Å². The first-order chi connectivity index (χ1) is 12.2. The van der Waals surface area contributed by atoms with Gasteiger partial charge in [-0.05, 0) is 25.1 Å². The van der Waals surface area contributed by atoms with Gasteiger partial charge in [0.15, 0.2) is 23.4 Å². The first-order valence-electron chi connectivity index (χ1n) is 7.27. The fourth-order valence-electron chi connectivity index (χ4n) is 1.80. The van der Waals surface area contributed by atoms with Crippen LogP contribution in [0, 0.1) is 5.82 Å². The molecule has 0 radical (unpaired) electrons. The lowest BCUT2D eigenvalue weighted by Gasteiger charge is -2.15.